The van der Waals surface area contributed by atoms with Gasteiger partial charge in [0, 0.05) is 6.54 Å². The minimum absolute atomic E-state index is 0.202. The Morgan fingerprint density at radius 3 is 1.86 bits per heavy atom. The molecule has 44 heavy (non-hydrogen) atoms. The monoisotopic (exact) mass is 591 g/mol. The van der Waals surface area contributed by atoms with E-state index in [-0.39, 0.29) is 5.91 Å². The number of carbonyl (C=O) groups is 2. The molecule has 8 heteroatoms. The van der Waals surface area contributed by atoms with E-state index >= 15 is 0 Å². The van der Waals surface area contributed by atoms with Crippen LogP contribution in [0, 0.1) is 0 Å². The van der Waals surface area contributed by atoms with E-state index in [0.717, 1.165) is 22.3 Å². The Morgan fingerprint density at radius 2 is 1.34 bits per heavy atom. The maximum absolute atomic E-state index is 14.7. The number of rotatable bonds is 14. The second-order valence-corrected chi connectivity index (χ2v) is 10.6. The number of nitrogens with zero attached hydrogens (tertiary/aromatic N) is 2. The fraction of sp³-hybridized carbons (Fsp3) is 0.250. The zero-order valence-electron chi connectivity index (χ0n) is 25.3. The van der Waals surface area contributed by atoms with Crippen molar-refractivity contribution in [3.05, 3.63) is 138 Å². The number of primary amides is 1. The third kappa shape index (κ3) is 8.47. The quantitative estimate of drug-likeness (QED) is 0.106. The van der Waals surface area contributed by atoms with Crippen molar-refractivity contribution >= 4 is 17.8 Å². The average Bonchev–Trinajstić information content (AvgIpc) is 3.06. The molecule has 0 aliphatic heterocycles. The van der Waals surface area contributed by atoms with Crippen LogP contribution in [0.25, 0.3) is 0 Å². The standard InChI is InChI=1S/C36H41N5O3/c1-26(28-20-22-31(44-2)23-21-28)41(35(43)33(29-15-8-4-9-16-29)30-17-10-5-11-18-30)32(34(37)42)19-12-24-39-36(38)40-25-27-13-6-3-7-14-27/h3-11,13-18,20-23,26,32-33H,12,19,24-25H2,1-2H3,(H2,37,42)(H3,38,39,40)/t26-,32-/m1/s1. The minimum Gasteiger partial charge on any atom is -0.497 e. The number of amides is 2. The lowest BCUT2D eigenvalue weighted by molar-refractivity contribution is -0.142. The highest BCUT2D eigenvalue weighted by atomic mass is 16.5. The summed E-state index contributed by atoms with van der Waals surface area (Å²) in [6.07, 6.45) is 0.881. The van der Waals surface area contributed by atoms with Crippen LogP contribution < -0.4 is 21.5 Å². The van der Waals surface area contributed by atoms with Crippen molar-refractivity contribution in [2.24, 2.45) is 16.5 Å². The van der Waals surface area contributed by atoms with Crippen LogP contribution in [-0.4, -0.2) is 42.4 Å². The first kappa shape index (κ1) is 31.8. The molecule has 0 saturated carbocycles. The first-order chi connectivity index (χ1) is 21.4. The first-order valence-corrected chi connectivity index (χ1v) is 14.8. The van der Waals surface area contributed by atoms with E-state index in [2.05, 4.69) is 10.3 Å². The molecule has 0 saturated heterocycles. The zero-order valence-corrected chi connectivity index (χ0v) is 25.3. The molecule has 228 valence electrons. The smallest absolute Gasteiger partial charge is 0.240 e. The SMILES string of the molecule is COc1ccc([C@@H](C)N(C(=O)C(c2ccccc2)c2ccccc2)[C@H](CCCNC(N)=NCc2ccccc2)C(N)=O)cc1. The Balaban J connectivity index is 1.60. The van der Waals surface area contributed by atoms with Crippen LogP contribution in [0.5, 0.6) is 5.75 Å². The fourth-order valence-electron chi connectivity index (χ4n) is 5.32. The van der Waals surface area contributed by atoms with Crippen LogP contribution in [0.15, 0.2) is 120 Å². The lowest BCUT2D eigenvalue weighted by Crippen LogP contribution is -2.51. The summed E-state index contributed by atoms with van der Waals surface area (Å²) in [5, 5.41) is 3.12. The molecule has 0 aliphatic carbocycles. The van der Waals surface area contributed by atoms with Gasteiger partial charge in [0.25, 0.3) is 0 Å². The number of benzene rings is 4. The highest BCUT2D eigenvalue weighted by molar-refractivity contribution is 5.92. The lowest BCUT2D eigenvalue weighted by Gasteiger charge is -2.38. The van der Waals surface area contributed by atoms with E-state index in [0.29, 0.717) is 37.6 Å². The molecule has 0 heterocycles. The summed E-state index contributed by atoms with van der Waals surface area (Å²) in [6.45, 7) is 2.86. The van der Waals surface area contributed by atoms with Gasteiger partial charge in [-0.05, 0) is 54.2 Å². The van der Waals surface area contributed by atoms with Crippen molar-refractivity contribution < 1.29 is 14.3 Å². The molecule has 0 unspecified atom stereocenters. The first-order valence-electron chi connectivity index (χ1n) is 14.8. The Kier molecular flexibility index (Phi) is 11.5. The Labute approximate surface area is 259 Å². The Hall–Kier alpha value is -5.11. The molecule has 0 fully saturated rings. The van der Waals surface area contributed by atoms with E-state index in [1.54, 1.807) is 12.0 Å². The van der Waals surface area contributed by atoms with Crippen molar-refractivity contribution in [1.82, 2.24) is 10.2 Å². The lowest BCUT2D eigenvalue weighted by atomic mass is 9.88. The van der Waals surface area contributed by atoms with Gasteiger partial charge in [-0.3, -0.25) is 9.59 Å². The third-order valence-electron chi connectivity index (χ3n) is 7.68. The zero-order chi connectivity index (χ0) is 31.3. The van der Waals surface area contributed by atoms with Gasteiger partial charge in [0.1, 0.15) is 11.8 Å². The molecule has 2 amide bonds. The van der Waals surface area contributed by atoms with Crippen LogP contribution in [0.2, 0.25) is 0 Å². The molecule has 8 nitrogen and oxygen atoms in total. The minimum atomic E-state index is -0.862. The summed E-state index contributed by atoms with van der Waals surface area (Å²) < 4.78 is 5.34. The largest absolute Gasteiger partial charge is 0.497 e. The van der Waals surface area contributed by atoms with Gasteiger partial charge in [0.2, 0.25) is 11.8 Å². The van der Waals surface area contributed by atoms with E-state index in [4.69, 9.17) is 16.2 Å². The Morgan fingerprint density at radius 1 is 0.795 bits per heavy atom. The second kappa shape index (κ2) is 15.9. The molecule has 0 aromatic heterocycles. The van der Waals surface area contributed by atoms with Gasteiger partial charge in [-0.15, -0.1) is 0 Å². The fourth-order valence-corrected chi connectivity index (χ4v) is 5.32. The molecule has 4 aromatic carbocycles. The van der Waals surface area contributed by atoms with Crippen LogP contribution >= 0.6 is 0 Å². The summed E-state index contributed by atoms with van der Waals surface area (Å²) in [5.74, 6) is -0.374. The maximum Gasteiger partial charge on any atom is 0.240 e. The molecule has 0 bridgehead atoms. The molecule has 0 aliphatic rings. The number of ether oxygens (including phenoxy) is 1. The second-order valence-electron chi connectivity index (χ2n) is 10.6. The number of nitrogens with two attached hydrogens (primary N) is 2. The number of aliphatic imine (C=N–C) groups is 1. The number of methoxy groups -OCH3 is 1. The van der Waals surface area contributed by atoms with Gasteiger partial charge in [-0.25, -0.2) is 4.99 Å². The molecule has 4 aromatic rings. The molecule has 0 spiro atoms. The van der Waals surface area contributed by atoms with Gasteiger partial charge >= 0.3 is 0 Å². The van der Waals surface area contributed by atoms with Crippen molar-refractivity contribution in [3.8, 4) is 5.75 Å². The summed E-state index contributed by atoms with van der Waals surface area (Å²) in [6, 6.07) is 35.3. The summed E-state index contributed by atoms with van der Waals surface area (Å²) in [7, 11) is 1.61. The molecular weight excluding hydrogens is 550 g/mol. The van der Waals surface area contributed by atoms with Crippen LogP contribution in [0.1, 0.15) is 54.0 Å². The Bertz CT molecular complexity index is 1460. The van der Waals surface area contributed by atoms with Gasteiger partial charge in [-0.2, -0.15) is 0 Å². The predicted octanol–water partition coefficient (Wildman–Crippen LogP) is 5.16. The van der Waals surface area contributed by atoms with Crippen molar-refractivity contribution in [3.63, 3.8) is 0 Å². The van der Waals surface area contributed by atoms with Crippen LogP contribution in [0.4, 0.5) is 0 Å². The summed E-state index contributed by atoms with van der Waals surface area (Å²) in [5.41, 5.74) is 15.7. The third-order valence-corrected chi connectivity index (χ3v) is 7.68. The molecule has 5 N–H and O–H groups in total. The predicted molar refractivity (Wildman–Crippen MR) is 175 cm³/mol. The van der Waals surface area contributed by atoms with E-state index in [1.165, 1.54) is 0 Å². The topological polar surface area (TPSA) is 123 Å². The molecular formula is C36H41N5O3. The number of hydrogen-bond donors (Lipinski definition) is 3. The average molecular weight is 592 g/mol. The normalized spacial score (nSPS) is 12.8. The molecule has 4 rings (SSSR count). The van der Waals surface area contributed by atoms with E-state index < -0.39 is 23.9 Å². The van der Waals surface area contributed by atoms with Crippen LogP contribution in [-0.2, 0) is 16.1 Å². The number of hydrogen-bond acceptors (Lipinski definition) is 4. The summed E-state index contributed by atoms with van der Waals surface area (Å²) in [4.78, 5) is 33.9. The van der Waals surface area contributed by atoms with Crippen molar-refractivity contribution in [2.45, 2.75) is 44.3 Å². The van der Waals surface area contributed by atoms with Gasteiger partial charge in [-0.1, -0.05) is 103 Å². The van der Waals surface area contributed by atoms with Gasteiger partial charge < -0.3 is 26.4 Å². The molecule has 0 radical (unpaired) electrons. The number of carbonyl (C=O) groups excluding carboxylic acids is 2. The number of guanidine groups is 1. The van der Waals surface area contributed by atoms with E-state index in [1.807, 2.05) is 122 Å². The highest BCUT2D eigenvalue weighted by Crippen LogP contribution is 2.33. The number of nitrogens with one attached hydrogen (secondary N) is 1. The van der Waals surface area contributed by atoms with Crippen molar-refractivity contribution in [1.29, 1.82) is 0 Å². The van der Waals surface area contributed by atoms with Crippen LogP contribution in [0.3, 0.4) is 0 Å². The summed E-state index contributed by atoms with van der Waals surface area (Å²) >= 11 is 0. The van der Waals surface area contributed by atoms with Gasteiger partial charge in [0.05, 0.1) is 25.6 Å². The molecule has 2 atom stereocenters. The van der Waals surface area contributed by atoms with Crippen molar-refractivity contribution in [2.75, 3.05) is 13.7 Å². The highest BCUT2D eigenvalue weighted by Gasteiger charge is 2.37. The maximum atomic E-state index is 14.7. The van der Waals surface area contributed by atoms with Gasteiger partial charge in [0.15, 0.2) is 5.96 Å². The van der Waals surface area contributed by atoms with E-state index in [9.17, 15) is 9.59 Å².